The molecule has 0 heterocycles. The van der Waals surface area contributed by atoms with Crippen LogP contribution in [0.5, 0.6) is 0 Å². The minimum absolute atomic E-state index is 0.108. The largest absolute Gasteiger partial charge is 0.393 e. The number of nitrogens with zero attached hydrogens (tertiary/aromatic N) is 1. The first-order valence-corrected chi connectivity index (χ1v) is 6.42. The third kappa shape index (κ3) is 3.10. The molecule has 0 saturated heterocycles. The van der Waals surface area contributed by atoms with Crippen LogP contribution in [-0.4, -0.2) is 4.92 Å². The standard InChI is InChI=1S/C15H16FN3O2/c1-9-6-11(7-10(2)14(9)16)8-18-13-5-3-4-12(17)15(13)19(20)21/h3-7,18H,8,17H2,1-2H3. The summed E-state index contributed by atoms with van der Waals surface area (Å²) in [5.41, 5.74) is 7.89. The van der Waals surface area contributed by atoms with Gasteiger partial charge in [0.15, 0.2) is 0 Å². The van der Waals surface area contributed by atoms with Gasteiger partial charge in [0.1, 0.15) is 17.2 Å². The van der Waals surface area contributed by atoms with E-state index in [0.29, 0.717) is 23.4 Å². The Kier molecular flexibility index (Phi) is 4.07. The SMILES string of the molecule is Cc1cc(CNc2cccc(N)c2[N+](=O)[O-])cc(C)c1F. The predicted molar refractivity (Wildman–Crippen MR) is 80.7 cm³/mol. The summed E-state index contributed by atoms with van der Waals surface area (Å²) in [6.07, 6.45) is 0. The summed E-state index contributed by atoms with van der Waals surface area (Å²) in [7, 11) is 0. The van der Waals surface area contributed by atoms with Gasteiger partial charge in [0.25, 0.3) is 0 Å². The number of hydrogen-bond donors (Lipinski definition) is 2. The van der Waals surface area contributed by atoms with Crippen molar-refractivity contribution in [2.45, 2.75) is 20.4 Å². The second kappa shape index (κ2) is 5.78. The summed E-state index contributed by atoms with van der Waals surface area (Å²) in [6.45, 7) is 3.73. The average molecular weight is 289 g/mol. The van der Waals surface area contributed by atoms with Gasteiger partial charge in [0.2, 0.25) is 0 Å². The number of rotatable bonds is 4. The van der Waals surface area contributed by atoms with Crippen LogP contribution >= 0.6 is 0 Å². The fourth-order valence-electron chi connectivity index (χ4n) is 2.24. The summed E-state index contributed by atoms with van der Waals surface area (Å²) in [5.74, 6) is -0.228. The van der Waals surface area contributed by atoms with E-state index in [4.69, 9.17) is 5.73 Å². The van der Waals surface area contributed by atoms with Crippen molar-refractivity contribution in [2.75, 3.05) is 11.1 Å². The quantitative estimate of drug-likeness (QED) is 0.512. The zero-order chi connectivity index (χ0) is 15.6. The van der Waals surface area contributed by atoms with E-state index in [-0.39, 0.29) is 17.2 Å². The first-order valence-electron chi connectivity index (χ1n) is 6.42. The molecule has 0 aliphatic heterocycles. The van der Waals surface area contributed by atoms with Gasteiger partial charge in [0.05, 0.1) is 4.92 Å². The minimum atomic E-state index is -0.515. The van der Waals surface area contributed by atoms with Crippen molar-refractivity contribution in [1.82, 2.24) is 0 Å². The van der Waals surface area contributed by atoms with E-state index in [0.717, 1.165) is 5.56 Å². The number of nitrogens with one attached hydrogen (secondary N) is 1. The number of halogens is 1. The Labute approximate surface area is 121 Å². The molecule has 0 atom stereocenters. The lowest BCUT2D eigenvalue weighted by Gasteiger charge is -2.10. The van der Waals surface area contributed by atoms with Crippen molar-refractivity contribution in [2.24, 2.45) is 0 Å². The molecule has 0 radical (unpaired) electrons. The zero-order valence-electron chi connectivity index (χ0n) is 11.8. The van der Waals surface area contributed by atoms with Crippen molar-refractivity contribution in [1.29, 1.82) is 0 Å². The highest BCUT2D eigenvalue weighted by Crippen LogP contribution is 2.30. The van der Waals surface area contributed by atoms with E-state index >= 15 is 0 Å². The molecular formula is C15H16FN3O2. The number of nitrogens with two attached hydrogens (primary N) is 1. The van der Waals surface area contributed by atoms with Crippen LogP contribution in [0.4, 0.5) is 21.5 Å². The summed E-state index contributed by atoms with van der Waals surface area (Å²) >= 11 is 0. The Morgan fingerprint density at radius 3 is 2.48 bits per heavy atom. The molecule has 0 amide bonds. The molecule has 2 aromatic rings. The molecule has 3 N–H and O–H groups in total. The van der Waals surface area contributed by atoms with Crippen molar-refractivity contribution in [3.05, 3.63) is 63.0 Å². The van der Waals surface area contributed by atoms with Crippen molar-refractivity contribution >= 4 is 17.1 Å². The topological polar surface area (TPSA) is 81.2 Å². The van der Waals surface area contributed by atoms with E-state index in [1.165, 1.54) is 6.07 Å². The number of nitro groups is 1. The van der Waals surface area contributed by atoms with Gasteiger partial charge in [-0.2, -0.15) is 0 Å². The van der Waals surface area contributed by atoms with Crippen molar-refractivity contribution in [3.63, 3.8) is 0 Å². The van der Waals surface area contributed by atoms with Gasteiger partial charge in [-0.3, -0.25) is 10.1 Å². The van der Waals surface area contributed by atoms with Crippen LogP contribution in [0, 0.1) is 29.8 Å². The van der Waals surface area contributed by atoms with Crippen LogP contribution in [0.1, 0.15) is 16.7 Å². The summed E-state index contributed by atoms with van der Waals surface area (Å²) in [5, 5.41) is 14.0. The highest BCUT2D eigenvalue weighted by atomic mass is 19.1. The van der Waals surface area contributed by atoms with Crippen LogP contribution in [-0.2, 0) is 6.54 Å². The van der Waals surface area contributed by atoms with E-state index in [9.17, 15) is 14.5 Å². The van der Waals surface area contributed by atoms with Crippen LogP contribution in [0.3, 0.4) is 0 Å². The van der Waals surface area contributed by atoms with Crippen LogP contribution in [0.25, 0.3) is 0 Å². The molecule has 0 unspecified atom stereocenters. The summed E-state index contributed by atoms with van der Waals surface area (Å²) < 4.78 is 13.6. The summed E-state index contributed by atoms with van der Waals surface area (Å²) in [6, 6.07) is 8.15. The van der Waals surface area contributed by atoms with E-state index in [1.807, 2.05) is 0 Å². The number of nitrogen functional groups attached to an aromatic ring is 1. The second-order valence-electron chi connectivity index (χ2n) is 4.90. The van der Waals surface area contributed by atoms with Crippen LogP contribution in [0.15, 0.2) is 30.3 Å². The highest BCUT2D eigenvalue weighted by Gasteiger charge is 2.17. The number of aryl methyl sites for hydroxylation is 2. The van der Waals surface area contributed by atoms with E-state index in [1.54, 1.807) is 38.1 Å². The molecule has 0 aromatic heterocycles. The fraction of sp³-hybridized carbons (Fsp3) is 0.200. The Hall–Kier alpha value is -2.63. The van der Waals surface area contributed by atoms with Crippen molar-refractivity contribution in [3.8, 4) is 0 Å². The first kappa shape index (κ1) is 14.8. The maximum atomic E-state index is 13.6. The second-order valence-corrected chi connectivity index (χ2v) is 4.90. The molecule has 0 saturated carbocycles. The van der Waals surface area contributed by atoms with E-state index < -0.39 is 4.92 Å². The molecule has 5 nitrogen and oxygen atoms in total. The molecule has 0 bridgehead atoms. The first-order chi connectivity index (χ1) is 9.90. The minimum Gasteiger partial charge on any atom is -0.393 e. The third-order valence-electron chi connectivity index (χ3n) is 3.23. The normalized spacial score (nSPS) is 10.4. The van der Waals surface area contributed by atoms with Gasteiger partial charge in [-0.05, 0) is 42.7 Å². The maximum absolute atomic E-state index is 13.6. The Bertz CT molecular complexity index is 678. The van der Waals surface area contributed by atoms with Crippen LogP contribution < -0.4 is 11.1 Å². The molecule has 0 spiro atoms. The zero-order valence-corrected chi connectivity index (χ0v) is 11.8. The molecule has 2 rings (SSSR count). The molecule has 2 aromatic carbocycles. The molecule has 0 aliphatic rings. The molecule has 0 aliphatic carbocycles. The van der Waals surface area contributed by atoms with Crippen molar-refractivity contribution < 1.29 is 9.31 Å². The van der Waals surface area contributed by atoms with Gasteiger partial charge in [-0.1, -0.05) is 18.2 Å². The number of benzene rings is 2. The maximum Gasteiger partial charge on any atom is 0.314 e. The van der Waals surface area contributed by atoms with E-state index in [2.05, 4.69) is 5.32 Å². The van der Waals surface area contributed by atoms with Gasteiger partial charge < -0.3 is 11.1 Å². The van der Waals surface area contributed by atoms with Gasteiger partial charge in [0, 0.05) is 6.54 Å². The van der Waals surface area contributed by atoms with Crippen LogP contribution in [0.2, 0.25) is 0 Å². The Balaban J connectivity index is 2.25. The Morgan fingerprint density at radius 2 is 1.90 bits per heavy atom. The molecule has 21 heavy (non-hydrogen) atoms. The third-order valence-corrected chi connectivity index (χ3v) is 3.23. The number of para-hydroxylation sites is 1. The molecule has 0 fully saturated rings. The summed E-state index contributed by atoms with van der Waals surface area (Å²) in [4.78, 5) is 10.5. The molecular weight excluding hydrogens is 273 g/mol. The number of hydrogen-bond acceptors (Lipinski definition) is 4. The fourth-order valence-corrected chi connectivity index (χ4v) is 2.24. The lowest BCUT2D eigenvalue weighted by Crippen LogP contribution is -2.05. The average Bonchev–Trinajstić information content (AvgIpc) is 2.41. The van der Waals surface area contributed by atoms with Gasteiger partial charge in [-0.15, -0.1) is 0 Å². The number of anilines is 2. The monoisotopic (exact) mass is 289 g/mol. The van der Waals surface area contributed by atoms with Gasteiger partial charge >= 0.3 is 5.69 Å². The lowest BCUT2D eigenvalue weighted by molar-refractivity contribution is -0.383. The molecule has 6 heteroatoms. The lowest BCUT2D eigenvalue weighted by atomic mass is 10.1. The smallest absolute Gasteiger partial charge is 0.314 e. The highest BCUT2D eigenvalue weighted by molar-refractivity contribution is 5.74. The van der Waals surface area contributed by atoms with Gasteiger partial charge in [-0.25, -0.2) is 4.39 Å². The number of nitro benzene ring substituents is 1. The Morgan fingerprint density at radius 1 is 1.29 bits per heavy atom. The predicted octanol–water partition coefficient (Wildman–Crippen LogP) is 3.55. The molecule has 110 valence electrons.